The van der Waals surface area contributed by atoms with E-state index in [0.717, 1.165) is 11.3 Å². The standard InChI is InChI=1S/C20H22O3/c1-14(2)15-5-7-16(8-6-15)19(21)12-10-17-9-11-18(22-3)13-20(17)23-4/h5-14H,1-4H3/b12-10+. The van der Waals surface area contributed by atoms with Crippen molar-refractivity contribution in [2.24, 2.45) is 0 Å². The number of carbonyl (C=O) groups excluding carboxylic acids is 1. The van der Waals surface area contributed by atoms with E-state index in [9.17, 15) is 4.79 Å². The van der Waals surface area contributed by atoms with E-state index in [1.165, 1.54) is 5.56 Å². The van der Waals surface area contributed by atoms with Gasteiger partial charge in [0.2, 0.25) is 0 Å². The van der Waals surface area contributed by atoms with Gasteiger partial charge in [0, 0.05) is 17.2 Å². The van der Waals surface area contributed by atoms with Crippen LogP contribution in [0.1, 0.15) is 41.3 Å². The summed E-state index contributed by atoms with van der Waals surface area (Å²) in [5.41, 5.74) is 2.74. The Bertz CT molecular complexity index is 697. The largest absolute Gasteiger partial charge is 0.497 e. The molecule has 0 N–H and O–H groups in total. The molecule has 0 saturated heterocycles. The summed E-state index contributed by atoms with van der Waals surface area (Å²) in [5.74, 6) is 1.81. The minimum atomic E-state index is -0.0295. The van der Waals surface area contributed by atoms with Crippen molar-refractivity contribution in [3.05, 3.63) is 65.2 Å². The molecule has 0 aliphatic heterocycles. The van der Waals surface area contributed by atoms with Crippen molar-refractivity contribution in [1.29, 1.82) is 0 Å². The van der Waals surface area contributed by atoms with E-state index >= 15 is 0 Å². The zero-order chi connectivity index (χ0) is 16.8. The maximum absolute atomic E-state index is 12.3. The van der Waals surface area contributed by atoms with Crippen LogP contribution in [0.5, 0.6) is 11.5 Å². The maximum Gasteiger partial charge on any atom is 0.185 e. The van der Waals surface area contributed by atoms with Crippen LogP contribution in [-0.4, -0.2) is 20.0 Å². The highest BCUT2D eigenvalue weighted by Gasteiger charge is 2.06. The molecule has 2 aromatic carbocycles. The van der Waals surface area contributed by atoms with Crippen LogP contribution >= 0.6 is 0 Å². The summed E-state index contributed by atoms with van der Waals surface area (Å²) in [4.78, 5) is 12.3. The van der Waals surface area contributed by atoms with Crippen LogP contribution in [-0.2, 0) is 0 Å². The van der Waals surface area contributed by atoms with Crippen molar-refractivity contribution in [3.8, 4) is 11.5 Å². The molecule has 2 rings (SSSR count). The minimum Gasteiger partial charge on any atom is -0.497 e. The first-order valence-corrected chi connectivity index (χ1v) is 7.59. The molecule has 0 unspecified atom stereocenters. The Morgan fingerprint density at radius 2 is 1.70 bits per heavy atom. The molecule has 3 heteroatoms. The van der Waals surface area contributed by atoms with Gasteiger partial charge in [-0.1, -0.05) is 38.1 Å². The SMILES string of the molecule is COc1ccc(/C=C/C(=O)c2ccc(C(C)C)cc2)c(OC)c1. The van der Waals surface area contributed by atoms with Crippen LogP contribution in [0, 0.1) is 0 Å². The number of rotatable bonds is 6. The Morgan fingerprint density at radius 1 is 1.00 bits per heavy atom. The van der Waals surface area contributed by atoms with Crippen molar-refractivity contribution in [1.82, 2.24) is 0 Å². The molecular weight excluding hydrogens is 288 g/mol. The van der Waals surface area contributed by atoms with Gasteiger partial charge in [0.1, 0.15) is 11.5 Å². The lowest BCUT2D eigenvalue weighted by atomic mass is 10.0. The number of hydrogen-bond acceptors (Lipinski definition) is 3. The van der Waals surface area contributed by atoms with Gasteiger partial charge in [-0.3, -0.25) is 4.79 Å². The van der Waals surface area contributed by atoms with Crippen molar-refractivity contribution in [2.75, 3.05) is 14.2 Å². The molecule has 0 fully saturated rings. The predicted molar refractivity (Wildman–Crippen MR) is 93.4 cm³/mol. The highest BCUT2D eigenvalue weighted by molar-refractivity contribution is 6.06. The van der Waals surface area contributed by atoms with E-state index in [1.54, 1.807) is 32.4 Å². The zero-order valence-corrected chi connectivity index (χ0v) is 14.0. The summed E-state index contributed by atoms with van der Waals surface area (Å²) in [5, 5.41) is 0. The van der Waals surface area contributed by atoms with Crippen molar-refractivity contribution >= 4 is 11.9 Å². The van der Waals surface area contributed by atoms with E-state index < -0.39 is 0 Å². The minimum absolute atomic E-state index is 0.0295. The van der Waals surface area contributed by atoms with Crippen molar-refractivity contribution in [2.45, 2.75) is 19.8 Å². The molecule has 0 saturated carbocycles. The van der Waals surface area contributed by atoms with Gasteiger partial charge in [0.15, 0.2) is 5.78 Å². The molecule has 23 heavy (non-hydrogen) atoms. The van der Waals surface area contributed by atoms with E-state index in [-0.39, 0.29) is 5.78 Å². The van der Waals surface area contributed by atoms with Crippen molar-refractivity contribution in [3.63, 3.8) is 0 Å². The third-order valence-electron chi connectivity index (χ3n) is 3.72. The number of methoxy groups -OCH3 is 2. The van der Waals surface area contributed by atoms with Crippen LogP contribution in [0.3, 0.4) is 0 Å². The van der Waals surface area contributed by atoms with Gasteiger partial charge in [-0.15, -0.1) is 0 Å². The molecule has 0 radical (unpaired) electrons. The van der Waals surface area contributed by atoms with E-state index in [2.05, 4.69) is 13.8 Å². The summed E-state index contributed by atoms with van der Waals surface area (Å²) in [6.07, 6.45) is 3.33. The number of benzene rings is 2. The molecule has 0 heterocycles. The van der Waals surface area contributed by atoms with Gasteiger partial charge in [0.25, 0.3) is 0 Å². The number of carbonyl (C=O) groups is 1. The average Bonchev–Trinajstić information content (AvgIpc) is 2.59. The van der Waals surface area contributed by atoms with E-state index in [4.69, 9.17) is 9.47 Å². The third kappa shape index (κ3) is 4.22. The Hall–Kier alpha value is -2.55. The topological polar surface area (TPSA) is 35.5 Å². The first-order valence-electron chi connectivity index (χ1n) is 7.59. The van der Waals surface area contributed by atoms with Gasteiger partial charge in [-0.05, 0) is 35.8 Å². The first-order chi connectivity index (χ1) is 11.0. The number of ketones is 1. The second-order valence-corrected chi connectivity index (χ2v) is 5.58. The fourth-order valence-electron chi connectivity index (χ4n) is 2.25. The van der Waals surface area contributed by atoms with Crippen LogP contribution < -0.4 is 9.47 Å². The van der Waals surface area contributed by atoms with Gasteiger partial charge in [-0.25, -0.2) is 0 Å². The van der Waals surface area contributed by atoms with Crippen LogP contribution in [0.15, 0.2) is 48.5 Å². The monoisotopic (exact) mass is 310 g/mol. The molecule has 0 aromatic heterocycles. The average molecular weight is 310 g/mol. The predicted octanol–water partition coefficient (Wildman–Crippen LogP) is 4.72. The van der Waals surface area contributed by atoms with E-state index in [0.29, 0.717) is 17.2 Å². The third-order valence-corrected chi connectivity index (χ3v) is 3.72. The Morgan fingerprint density at radius 3 is 2.26 bits per heavy atom. The molecular formula is C20H22O3. The summed E-state index contributed by atoms with van der Waals surface area (Å²) in [6, 6.07) is 13.2. The Balaban J connectivity index is 2.17. The molecule has 120 valence electrons. The fraction of sp³-hybridized carbons (Fsp3) is 0.250. The highest BCUT2D eigenvalue weighted by Crippen LogP contribution is 2.25. The summed E-state index contributed by atoms with van der Waals surface area (Å²) in [7, 11) is 3.20. The lowest BCUT2D eigenvalue weighted by Crippen LogP contribution is -1.96. The normalized spacial score (nSPS) is 11.0. The smallest absolute Gasteiger partial charge is 0.185 e. The van der Waals surface area contributed by atoms with Crippen LogP contribution in [0.25, 0.3) is 6.08 Å². The zero-order valence-electron chi connectivity index (χ0n) is 14.0. The summed E-state index contributed by atoms with van der Waals surface area (Å²) >= 11 is 0. The molecule has 0 aliphatic carbocycles. The lowest BCUT2D eigenvalue weighted by Gasteiger charge is -2.07. The number of ether oxygens (including phenoxy) is 2. The highest BCUT2D eigenvalue weighted by atomic mass is 16.5. The molecule has 0 amide bonds. The van der Waals surface area contributed by atoms with Gasteiger partial charge >= 0.3 is 0 Å². The fourth-order valence-corrected chi connectivity index (χ4v) is 2.25. The molecule has 0 aliphatic rings. The second-order valence-electron chi connectivity index (χ2n) is 5.58. The molecule has 2 aromatic rings. The molecule has 0 bridgehead atoms. The first kappa shape index (κ1) is 16.8. The quantitative estimate of drug-likeness (QED) is 0.572. The lowest BCUT2D eigenvalue weighted by molar-refractivity contribution is 0.104. The van der Waals surface area contributed by atoms with Gasteiger partial charge in [0.05, 0.1) is 14.2 Å². The Labute approximate surface area is 137 Å². The van der Waals surface area contributed by atoms with Gasteiger partial charge in [-0.2, -0.15) is 0 Å². The summed E-state index contributed by atoms with van der Waals surface area (Å²) in [6.45, 7) is 4.26. The van der Waals surface area contributed by atoms with Crippen LogP contribution in [0.4, 0.5) is 0 Å². The second kappa shape index (κ2) is 7.63. The van der Waals surface area contributed by atoms with Crippen molar-refractivity contribution < 1.29 is 14.3 Å². The van der Waals surface area contributed by atoms with E-state index in [1.807, 2.05) is 36.4 Å². The van der Waals surface area contributed by atoms with Gasteiger partial charge < -0.3 is 9.47 Å². The Kier molecular flexibility index (Phi) is 5.58. The molecule has 0 spiro atoms. The summed E-state index contributed by atoms with van der Waals surface area (Å²) < 4.78 is 10.5. The molecule has 3 nitrogen and oxygen atoms in total. The number of hydrogen-bond donors (Lipinski definition) is 0. The molecule has 0 atom stereocenters. The maximum atomic E-state index is 12.3. The number of allylic oxidation sites excluding steroid dienone is 1. The van der Waals surface area contributed by atoms with Crippen LogP contribution in [0.2, 0.25) is 0 Å².